The number of aromatic hydroxyl groups is 1. The van der Waals surface area contributed by atoms with E-state index in [1.807, 2.05) is 5.38 Å². The van der Waals surface area contributed by atoms with Crippen LogP contribution in [0.1, 0.15) is 23.4 Å². The number of nitrogens with zero attached hydrogens (tertiary/aromatic N) is 2. The Kier molecular flexibility index (Phi) is 4.13. The lowest BCUT2D eigenvalue weighted by molar-refractivity contribution is -0.383. The van der Waals surface area contributed by atoms with E-state index in [2.05, 4.69) is 10.3 Å². The summed E-state index contributed by atoms with van der Waals surface area (Å²) >= 11 is 1.38. The summed E-state index contributed by atoms with van der Waals surface area (Å²) in [4.78, 5) is 27.3. The van der Waals surface area contributed by atoms with Gasteiger partial charge in [-0.05, 0) is 23.6 Å². The maximum Gasteiger partial charge on any atom is 0.279 e. The highest BCUT2D eigenvalue weighted by Crippen LogP contribution is 2.40. The number of amides is 1. The summed E-state index contributed by atoms with van der Waals surface area (Å²) in [7, 11) is 0. The van der Waals surface area contributed by atoms with Crippen LogP contribution in [0.25, 0.3) is 10.9 Å². The minimum Gasteiger partial charge on any atom is -0.505 e. The Morgan fingerprint density at radius 1 is 1.42 bits per heavy atom. The zero-order chi connectivity index (χ0) is 17.3. The normalized spacial score (nSPS) is 12.0. The minimum absolute atomic E-state index is 0.133. The third kappa shape index (κ3) is 2.79. The molecule has 0 bridgehead atoms. The lowest BCUT2D eigenvalue weighted by Gasteiger charge is -2.19. The average Bonchev–Trinajstić information content (AvgIpc) is 3.07. The first kappa shape index (κ1) is 15.9. The van der Waals surface area contributed by atoms with Crippen molar-refractivity contribution in [2.75, 3.05) is 0 Å². The van der Waals surface area contributed by atoms with Gasteiger partial charge in [-0.15, -0.1) is 11.3 Å². The number of carbonyl (C=O) groups is 1. The molecule has 24 heavy (non-hydrogen) atoms. The highest BCUT2D eigenvalue weighted by atomic mass is 32.1. The molecule has 2 heterocycles. The molecule has 1 amide bonds. The van der Waals surface area contributed by atoms with Gasteiger partial charge in [-0.1, -0.05) is 6.07 Å². The van der Waals surface area contributed by atoms with Crippen LogP contribution in [0, 0.1) is 10.1 Å². The zero-order valence-electron chi connectivity index (χ0n) is 12.6. The van der Waals surface area contributed by atoms with E-state index >= 15 is 0 Å². The summed E-state index contributed by atoms with van der Waals surface area (Å²) in [6.07, 6.45) is 1.45. The Hall–Kier alpha value is -3.00. The van der Waals surface area contributed by atoms with E-state index in [0.717, 1.165) is 4.88 Å². The smallest absolute Gasteiger partial charge is 0.279 e. The number of hydrogen-bond donors (Lipinski definition) is 2. The van der Waals surface area contributed by atoms with Gasteiger partial charge in [0, 0.05) is 29.6 Å². The van der Waals surface area contributed by atoms with E-state index in [0.29, 0.717) is 0 Å². The van der Waals surface area contributed by atoms with Crippen LogP contribution in [0.2, 0.25) is 0 Å². The van der Waals surface area contributed by atoms with Crippen molar-refractivity contribution < 1.29 is 14.8 Å². The van der Waals surface area contributed by atoms with Crippen molar-refractivity contribution in [3.8, 4) is 5.75 Å². The van der Waals surface area contributed by atoms with Crippen LogP contribution >= 0.6 is 11.3 Å². The highest BCUT2D eigenvalue weighted by molar-refractivity contribution is 7.10. The van der Waals surface area contributed by atoms with Crippen LogP contribution < -0.4 is 5.32 Å². The molecule has 2 aromatic heterocycles. The van der Waals surface area contributed by atoms with E-state index in [4.69, 9.17) is 0 Å². The molecule has 0 aliphatic rings. The fraction of sp³-hybridized carbons (Fsp3) is 0.125. The third-order valence-corrected chi connectivity index (χ3v) is 4.49. The first-order valence-electron chi connectivity index (χ1n) is 7.04. The lowest BCUT2D eigenvalue weighted by atomic mass is 10.00. The van der Waals surface area contributed by atoms with Gasteiger partial charge in [0.2, 0.25) is 5.91 Å². The molecule has 0 aliphatic heterocycles. The molecule has 0 fully saturated rings. The van der Waals surface area contributed by atoms with Gasteiger partial charge in [0.1, 0.15) is 11.3 Å². The molecule has 0 radical (unpaired) electrons. The summed E-state index contributed by atoms with van der Waals surface area (Å²) < 4.78 is 0. The van der Waals surface area contributed by atoms with Crippen LogP contribution in [0.4, 0.5) is 5.69 Å². The molecule has 1 atom stereocenters. The molecule has 122 valence electrons. The van der Waals surface area contributed by atoms with Crippen LogP contribution in [0.15, 0.2) is 41.9 Å². The van der Waals surface area contributed by atoms with Crippen LogP contribution in [-0.4, -0.2) is 20.9 Å². The highest BCUT2D eigenvalue weighted by Gasteiger charge is 2.26. The van der Waals surface area contributed by atoms with Crippen molar-refractivity contribution in [1.29, 1.82) is 0 Å². The van der Waals surface area contributed by atoms with Crippen LogP contribution in [-0.2, 0) is 4.79 Å². The molecule has 3 aromatic rings. The summed E-state index contributed by atoms with van der Waals surface area (Å²) in [6, 6.07) is 7.30. The minimum atomic E-state index is -0.687. The summed E-state index contributed by atoms with van der Waals surface area (Å²) in [5, 5.41) is 26.8. The van der Waals surface area contributed by atoms with Crippen molar-refractivity contribution in [2.45, 2.75) is 13.0 Å². The lowest BCUT2D eigenvalue weighted by Crippen LogP contribution is -2.26. The molecule has 7 nitrogen and oxygen atoms in total. The number of phenols is 1. The predicted molar refractivity (Wildman–Crippen MR) is 90.0 cm³/mol. The summed E-state index contributed by atoms with van der Waals surface area (Å²) in [5.74, 6) is -0.486. The van der Waals surface area contributed by atoms with Gasteiger partial charge in [0.15, 0.2) is 0 Å². The Labute approximate surface area is 140 Å². The largest absolute Gasteiger partial charge is 0.505 e. The van der Waals surface area contributed by atoms with Gasteiger partial charge < -0.3 is 10.4 Å². The number of nitro groups is 1. The number of rotatable bonds is 4. The topological polar surface area (TPSA) is 105 Å². The molecule has 2 N–H and O–H groups in total. The van der Waals surface area contributed by atoms with Crippen molar-refractivity contribution >= 4 is 33.8 Å². The van der Waals surface area contributed by atoms with E-state index < -0.39 is 11.0 Å². The number of phenolic OH excluding ortho intramolecular Hbond substituents is 1. The number of nitrogens with one attached hydrogen (secondary N) is 1. The van der Waals surface area contributed by atoms with Gasteiger partial charge in [-0.3, -0.25) is 19.9 Å². The van der Waals surface area contributed by atoms with Gasteiger partial charge in [0.05, 0.1) is 16.4 Å². The van der Waals surface area contributed by atoms with Crippen LogP contribution in [0.5, 0.6) is 5.75 Å². The average molecular weight is 343 g/mol. The number of hydrogen-bond acceptors (Lipinski definition) is 6. The molecule has 0 saturated heterocycles. The van der Waals surface area contributed by atoms with Crippen molar-refractivity contribution in [2.24, 2.45) is 0 Å². The SMILES string of the molecule is CC(=O)N[C@@H](c1cccs1)c1cc([N+](=O)[O-])c2cccnc2c1O. The standard InChI is InChI=1S/C16H13N3O4S/c1-9(20)18-14(13-5-3-7-24-13)11-8-12(19(22)23)10-4-2-6-17-15(10)16(11)21/h2-8,14,21H,1H3,(H,18,20)/t14-/m1/s1. The maximum atomic E-state index is 11.6. The Bertz CT molecular complexity index is 924. The molecule has 3 rings (SSSR count). The molecule has 0 spiro atoms. The summed E-state index contributed by atoms with van der Waals surface area (Å²) in [5.41, 5.74) is 0.206. The number of non-ortho nitro benzene ring substituents is 1. The van der Waals surface area contributed by atoms with Crippen molar-refractivity contribution in [1.82, 2.24) is 10.3 Å². The van der Waals surface area contributed by atoms with E-state index in [9.17, 15) is 20.0 Å². The molecule has 1 aromatic carbocycles. The fourth-order valence-electron chi connectivity index (χ4n) is 2.56. The number of carbonyl (C=O) groups excluding carboxylic acids is 1. The number of nitro benzene ring substituents is 1. The number of thiophene rings is 1. The molecule has 0 aliphatic carbocycles. The summed E-state index contributed by atoms with van der Waals surface area (Å²) in [6.45, 7) is 1.35. The number of benzene rings is 1. The molecule has 0 unspecified atom stereocenters. The monoisotopic (exact) mass is 343 g/mol. The number of fused-ring (bicyclic) bond motifs is 1. The zero-order valence-corrected chi connectivity index (χ0v) is 13.4. The maximum absolute atomic E-state index is 11.6. The first-order valence-corrected chi connectivity index (χ1v) is 7.92. The van der Waals surface area contributed by atoms with E-state index in [-0.39, 0.29) is 33.8 Å². The van der Waals surface area contributed by atoms with Gasteiger partial charge >= 0.3 is 0 Å². The molecule has 8 heteroatoms. The van der Waals surface area contributed by atoms with Gasteiger partial charge in [-0.2, -0.15) is 0 Å². The Morgan fingerprint density at radius 3 is 2.83 bits per heavy atom. The molecular formula is C16H13N3O4S. The van der Waals surface area contributed by atoms with E-state index in [1.165, 1.54) is 36.6 Å². The molecular weight excluding hydrogens is 330 g/mol. The first-order chi connectivity index (χ1) is 11.5. The fourth-order valence-corrected chi connectivity index (χ4v) is 3.36. The van der Waals surface area contributed by atoms with Crippen molar-refractivity contribution in [3.63, 3.8) is 0 Å². The van der Waals surface area contributed by atoms with Gasteiger partial charge in [-0.25, -0.2) is 0 Å². The van der Waals surface area contributed by atoms with Crippen LogP contribution in [0.3, 0.4) is 0 Å². The predicted octanol–water partition coefficient (Wildman–Crippen LogP) is 3.14. The number of aromatic nitrogens is 1. The van der Waals surface area contributed by atoms with E-state index in [1.54, 1.807) is 18.2 Å². The molecule has 0 saturated carbocycles. The second kappa shape index (κ2) is 6.25. The Morgan fingerprint density at radius 2 is 2.21 bits per heavy atom. The second-order valence-corrected chi connectivity index (χ2v) is 6.12. The van der Waals surface area contributed by atoms with Gasteiger partial charge in [0.25, 0.3) is 5.69 Å². The third-order valence-electron chi connectivity index (χ3n) is 3.56. The Balaban J connectivity index is 2.29. The quantitative estimate of drug-likeness (QED) is 0.559. The van der Waals surface area contributed by atoms with Crippen molar-refractivity contribution in [3.05, 3.63) is 62.5 Å². The second-order valence-electron chi connectivity index (χ2n) is 5.14. The number of pyridine rings is 1.